The molecular formula is C21H19NO2S. The van der Waals surface area contributed by atoms with Gasteiger partial charge in [-0.15, -0.1) is 11.3 Å². The van der Waals surface area contributed by atoms with Crippen LogP contribution in [0.4, 0.5) is 5.00 Å². The van der Waals surface area contributed by atoms with Crippen LogP contribution in [-0.4, -0.2) is 18.8 Å². The highest BCUT2D eigenvalue weighted by molar-refractivity contribution is 7.16. The van der Waals surface area contributed by atoms with E-state index in [4.69, 9.17) is 4.74 Å². The van der Waals surface area contributed by atoms with Gasteiger partial charge in [-0.3, -0.25) is 0 Å². The molecule has 126 valence electrons. The van der Waals surface area contributed by atoms with Gasteiger partial charge in [0.2, 0.25) is 0 Å². The van der Waals surface area contributed by atoms with E-state index in [1.165, 1.54) is 10.3 Å². The van der Waals surface area contributed by atoms with E-state index < -0.39 is 0 Å². The molecule has 1 heterocycles. The van der Waals surface area contributed by atoms with Gasteiger partial charge in [0.25, 0.3) is 0 Å². The number of ether oxygens (including phenoxy) is 1. The quantitative estimate of drug-likeness (QED) is 0.472. The molecule has 4 rings (SSSR count). The zero-order valence-electron chi connectivity index (χ0n) is 14.1. The van der Waals surface area contributed by atoms with E-state index >= 15 is 0 Å². The fourth-order valence-corrected chi connectivity index (χ4v) is 4.61. The van der Waals surface area contributed by atoms with Crippen molar-refractivity contribution in [3.05, 3.63) is 64.0 Å². The van der Waals surface area contributed by atoms with Crippen LogP contribution in [0.3, 0.4) is 0 Å². The first-order chi connectivity index (χ1) is 12.3. The second-order valence-electron chi connectivity index (χ2n) is 6.08. The van der Waals surface area contributed by atoms with Crippen LogP contribution < -0.4 is 0 Å². The maximum atomic E-state index is 12.4. The molecule has 3 nitrogen and oxygen atoms in total. The number of carbonyl (C=O) groups is 1. The molecule has 0 amide bonds. The summed E-state index contributed by atoms with van der Waals surface area (Å²) < 4.78 is 5.27. The Morgan fingerprint density at radius 1 is 1.20 bits per heavy atom. The Bertz CT molecular complexity index is 966. The van der Waals surface area contributed by atoms with Gasteiger partial charge in [0, 0.05) is 16.7 Å². The van der Waals surface area contributed by atoms with Crippen molar-refractivity contribution in [2.75, 3.05) is 6.61 Å². The number of aliphatic imine (C=N–C) groups is 1. The van der Waals surface area contributed by atoms with Crippen LogP contribution in [0.2, 0.25) is 0 Å². The first-order valence-corrected chi connectivity index (χ1v) is 9.43. The van der Waals surface area contributed by atoms with Gasteiger partial charge in [0.1, 0.15) is 5.00 Å². The van der Waals surface area contributed by atoms with Gasteiger partial charge in [-0.05, 0) is 42.5 Å². The van der Waals surface area contributed by atoms with Crippen molar-refractivity contribution in [1.82, 2.24) is 0 Å². The van der Waals surface area contributed by atoms with Gasteiger partial charge in [-0.1, -0.05) is 42.5 Å². The van der Waals surface area contributed by atoms with E-state index in [-0.39, 0.29) is 5.97 Å². The Morgan fingerprint density at radius 2 is 2.04 bits per heavy atom. The standard InChI is InChI=1S/C21H19NO2S/c1-2-24-21(23)19-17-11-6-12-18(17)25-20(19)22-13-15-9-5-8-14-7-3-4-10-16(14)15/h3-5,7-10,13H,2,6,11-12H2,1H3. The second kappa shape index (κ2) is 6.81. The maximum Gasteiger partial charge on any atom is 0.341 e. The fourth-order valence-electron chi connectivity index (χ4n) is 3.39. The average Bonchev–Trinajstić information content (AvgIpc) is 3.20. The molecule has 0 radical (unpaired) electrons. The highest BCUT2D eigenvalue weighted by atomic mass is 32.1. The molecule has 25 heavy (non-hydrogen) atoms. The zero-order valence-corrected chi connectivity index (χ0v) is 14.9. The topological polar surface area (TPSA) is 38.7 Å². The lowest BCUT2D eigenvalue weighted by atomic mass is 10.1. The predicted octanol–water partition coefficient (Wildman–Crippen LogP) is 5.32. The predicted molar refractivity (Wildman–Crippen MR) is 104 cm³/mol. The summed E-state index contributed by atoms with van der Waals surface area (Å²) in [7, 11) is 0. The van der Waals surface area contributed by atoms with E-state index in [1.54, 1.807) is 11.3 Å². The van der Waals surface area contributed by atoms with Crippen LogP contribution in [0, 0.1) is 0 Å². The van der Waals surface area contributed by atoms with Gasteiger partial charge in [0.05, 0.1) is 12.2 Å². The van der Waals surface area contributed by atoms with Crippen molar-refractivity contribution >= 4 is 39.3 Å². The van der Waals surface area contributed by atoms with Crippen molar-refractivity contribution < 1.29 is 9.53 Å². The molecule has 0 atom stereocenters. The first-order valence-electron chi connectivity index (χ1n) is 8.61. The lowest BCUT2D eigenvalue weighted by Gasteiger charge is -2.04. The number of fused-ring (bicyclic) bond motifs is 2. The summed E-state index contributed by atoms with van der Waals surface area (Å²) in [6.07, 6.45) is 4.97. The Labute approximate surface area is 151 Å². The third-order valence-electron chi connectivity index (χ3n) is 4.53. The highest BCUT2D eigenvalue weighted by Crippen LogP contribution is 2.41. The van der Waals surface area contributed by atoms with Gasteiger partial charge in [-0.25, -0.2) is 9.79 Å². The molecule has 2 aromatic carbocycles. The normalized spacial score (nSPS) is 13.5. The molecular weight excluding hydrogens is 330 g/mol. The van der Waals surface area contributed by atoms with Crippen LogP contribution in [0.5, 0.6) is 0 Å². The Morgan fingerprint density at radius 3 is 2.92 bits per heavy atom. The molecule has 0 unspecified atom stereocenters. The van der Waals surface area contributed by atoms with Gasteiger partial charge >= 0.3 is 5.97 Å². The minimum atomic E-state index is -0.244. The number of rotatable bonds is 4. The summed E-state index contributed by atoms with van der Waals surface area (Å²) in [6, 6.07) is 14.4. The minimum Gasteiger partial charge on any atom is -0.462 e. The van der Waals surface area contributed by atoms with Crippen LogP contribution >= 0.6 is 11.3 Å². The van der Waals surface area contributed by atoms with Gasteiger partial charge in [0.15, 0.2) is 0 Å². The van der Waals surface area contributed by atoms with Crippen LogP contribution in [-0.2, 0) is 17.6 Å². The molecule has 1 aromatic heterocycles. The lowest BCUT2D eigenvalue weighted by Crippen LogP contribution is -2.06. The fraction of sp³-hybridized carbons (Fsp3) is 0.238. The van der Waals surface area contributed by atoms with E-state index in [0.29, 0.717) is 12.2 Å². The van der Waals surface area contributed by atoms with Crippen LogP contribution in [0.15, 0.2) is 47.5 Å². The molecule has 0 saturated heterocycles. The monoisotopic (exact) mass is 349 g/mol. The lowest BCUT2D eigenvalue weighted by molar-refractivity contribution is 0.0527. The number of carbonyl (C=O) groups excluding carboxylic acids is 1. The molecule has 3 aromatic rings. The van der Waals surface area contributed by atoms with Crippen LogP contribution in [0.1, 0.15) is 39.7 Å². The van der Waals surface area contributed by atoms with E-state index in [2.05, 4.69) is 29.3 Å². The number of esters is 1. The summed E-state index contributed by atoms with van der Waals surface area (Å²) in [4.78, 5) is 18.4. The van der Waals surface area contributed by atoms with Crippen molar-refractivity contribution in [2.24, 2.45) is 4.99 Å². The van der Waals surface area contributed by atoms with Gasteiger partial charge in [-0.2, -0.15) is 0 Å². The second-order valence-corrected chi connectivity index (χ2v) is 7.17. The number of thiophene rings is 1. The molecule has 1 aliphatic carbocycles. The summed E-state index contributed by atoms with van der Waals surface area (Å²) >= 11 is 1.63. The van der Waals surface area contributed by atoms with Crippen molar-refractivity contribution in [3.63, 3.8) is 0 Å². The van der Waals surface area contributed by atoms with Crippen molar-refractivity contribution in [3.8, 4) is 0 Å². The molecule has 0 N–H and O–H groups in total. The summed E-state index contributed by atoms with van der Waals surface area (Å²) in [5.41, 5.74) is 2.88. The molecule has 4 heteroatoms. The first kappa shape index (κ1) is 16.0. The Balaban J connectivity index is 1.75. The Kier molecular flexibility index (Phi) is 4.36. The summed E-state index contributed by atoms with van der Waals surface area (Å²) in [6.45, 7) is 2.22. The molecule has 0 bridgehead atoms. The Hall–Kier alpha value is -2.46. The van der Waals surface area contributed by atoms with Gasteiger partial charge < -0.3 is 4.74 Å². The molecule has 0 aliphatic heterocycles. The number of nitrogens with zero attached hydrogens (tertiary/aromatic N) is 1. The third kappa shape index (κ3) is 2.98. The molecule has 0 saturated carbocycles. The van der Waals surface area contributed by atoms with E-state index in [0.717, 1.165) is 40.8 Å². The van der Waals surface area contributed by atoms with E-state index in [1.807, 2.05) is 31.3 Å². The minimum absolute atomic E-state index is 0.244. The molecule has 0 fully saturated rings. The third-order valence-corrected chi connectivity index (χ3v) is 5.73. The number of hydrogen-bond acceptors (Lipinski definition) is 4. The SMILES string of the molecule is CCOC(=O)c1c(N=Cc2cccc3ccccc23)sc2c1CCC2. The zero-order chi connectivity index (χ0) is 17.2. The molecule has 1 aliphatic rings. The number of hydrogen-bond donors (Lipinski definition) is 0. The molecule has 0 spiro atoms. The van der Waals surface area contributed by atoms with E-state index in [9.17, 15) is 4.79 Å². The van der Waals surface area contributed by atoms with Crippen molar-refractivity contribution in [2.45, 2.75) is 26.2 Å². The maximum absolute atomic E-state index is 12.4. The smallest absolute Gasteiger partial charge is 0.341 e. The average molecular weight is 349 g/mol. The summed E-state index contributed by atoms with van der Waals surface area (Å²) in [5, 5.41) is 3.12. The largest absolute Gasteiger partial charge is 0.462 e. The number of aryl methyl sites for hydroxylation is 1. The number of benzene rings is 2. The van der Waals surface area contributed by atoms with Crippen LogP contribution in [0.25, 0.3) is 10.8 Å². The van der Waals surface area contributed by atoms with Crippen molar-refractivity contribution in [1.29, 1.82) is 0 Å². The highest BCUT2D eigenvalue weighted by Gasteiger charge is 2.27. The summed E-state index contributed by atoms with van der Waals surface area (Å²) in [5.74, 6) is -0.244.